The smallest absolute Gasteiger partial charge is 0.449 e. The Balaban J connectivity index is 1.46. The molecule has 0 N–H and O–H groups in total. The SMILES string of the molecule is COc1ccc(C(C)Oc2ccc(CCn3c(C(F)(F)F)nc4cc(F)ccc43)cc2)cc1. The Kier molecular flexibility index (Phi) is 6.26. The topological polar surface area (TPSA) is 36.3 Å². The third-order valence-corrected chi connectivity index (χ3v) is 5.41. The Morgan fingerprint density at radius 2 is 1.61 bits per heavy atom. The predicted molar refractivity (Wildman–Crippen MR) is 117 cm³/mol. The Bertz CT molecular complexity index is 1230. The molecule has 0 aliphatic carbocycles. The van der Waals surface area contributed by atoms with Crippen molar-refractivity contribution in [1.82, 2.24) is 9.55 Å². The van der Waals surface area contributed by atoms with Crippen molar-refractivity contribution < 1.29 is 27.0 Å². The van der Waals surface area contributed by atoms with E-state index in [9.17, 15) is 17.6 Å². The minimum Gasteiger partial charge on any atom is -0.497 e. The molecule has 0 radical (unpaired) electrons. The monoisotopic (exact) mass is 458 g/mol. The third-order valence-electron chi connectivity index (χ3n) is 5.41. The van der Waals surface area contributed by atoms with Gasteiger partial charge >= 0.3 is 6.18 Å². The lowest BCUT2D eigenvalue weighted by Gasteiger charge is -2.16. The summed E-state index contributed by atoms with van der Waals surface area (Å²) >= 11 is 0. The van der Waals surface area contributed by atoms with Crippen LogP contribution in [0.15, 0.2) is 66.7 Å². The Labute approximate surface area is 188 Å². The Hall–Kier alpha value is -3.55. The van der Waals surface area contributed by atoms with E-state index in [0.29, 0.717) is 12.2 Å². The molecular formula is C25H22F4N2O2. The highest BCUT2D eigenvalue weighted by Crippen LogP contribution is 2.32. The summed E-state index contributed by atoms with van der Waals surface area (Å²) in [4.78, 5) is 3.61. The minimum atomic E-state index is -4.63. The number of hydrogen-bond acceptors (Lipinski definition) is 3. The highest BCUT2D eigenvalue weighted by molar-refractivity contribution is 5.76. The summed E-state index contributed by atoms with van der Waals surface area (Å²) in [7, 11) is 1.61. The maximum absolute atomic E-state index is 13.5. The molecule has 0 saturated carbocycles. The van der Waals surface area contributed by atoms with E-state index in [-0.39, 0.29) is 23.7 Å². The molecule has 0 fully saturated rings. The zero-order valence-corrected chi connectivity index (χ0v) is 18.1. The van der Waals surface area contributed by atoms with E-state index in [1.807, 2.05) is 43.3 Å². The molecule has 8 heteroatoms. The number of hydrogen-bond donors (Lipinski definition) is 0. The van der Waals surface area contributed by atoms with Gasteiger partial charge in [0.1, 0.15) is 23.4 Å². The second kappa shape index (κ2) is 9.13. The summed E-state index contributed by atoms with van der Waals surface area (Å²) in [5.74, 6) is -0.238. The Morgan fingerprint density at radius 3 is 2.24 bits per heavy atom. The summed E-state index contributed by atoms with van der Waals surface area (Å²) in [5.41, 5.74) is 2.06. The molecule has 1 aromatic heterocycles. The number of fused-ring (bicyclic) bond motifs is 1. The van der Waals surface area contributed by atoms with Crippen molar-refractivity contribution in [3.63, 3.8) is 0 Å². The molecule has 4 nitrogen and oxygen atoms in total. The van der Waals surface area contributed by atoms with Gasteiger partial charge in [0.2, 0.25) is 5.82 Å². The Morgan fingerprint density at radius 1 is 0.939 bits per heavy atom. The normalized spacial score (nSPS) is 12.7. The van der Waals surface area contributed by atoms with Gasteiger partial charge in [-0.3, -0.25) is 0 Å². The number of nitrogens with zero attached hydrogens (tertiary/aromatic N) is 2. The van der Waals surface area contributed by atoms with Crippen LogP contribution in [0.5, 0.6) is 11.5 Å². The van der Waals surface area contributed by atoms with Crippen LogP contribution in [0.2, 0.25) is 0 Å². The molecule has 4 aromatic rings. The number of imidazole rings is 1. The highest BCUT2D eigenvalue weighted by atomic mass is 19.4. The molecule has 1 atom stereocenters. The molecular weight excluding hydrogens is 436 g/mol. The van der Waals surface area contributed by atoms with Gasteiger partial charge in [0, 0.05) is 12.6 Å². The van der Waals surface area contributed by atoms with Crippen LogP contribution in [0.4, 0.5) is 17.6 Å². The van der Waals surface area contributed by atoms with Crippen molar-refractivity contribution in [2.24, 2.45) is 0 Å². The number of aryl methyl sites for hydroxylation is 2. The van der Waals surface area contributed by atoms with Crippen LogP contribution in [0.3, 0.4) is 0 Å². The molecule has 0 bridgehead atoms. The molecule has 1 heterocycles. The van der Waals surface area contributed by atoms with E-state index in [1.54, 1.807) is 19.2 Å². The molecule has 172 valence electrons. The summed E-state index contributed by atoms with van der Waals surface area (Å²) < 4.78 is 66.1. The van der Waals surface area contributed by atoms with E-state index >= 15 is 0 Å². The van der Waals surface area contributed by atoms with Crippen LogP contribution in [-0.2, 0) is 19.1 Å². The summed E-state index contributed by atoms with van der Waals surface area (Å²) in [5, 5.41) is 0. The van der Waals surface area contributed by atoms with Gasteiger partial charge < -0.3 is 14.0 Å². The van der Waals surface area contributed by atoms with Gasteiger partial charge in [-0.25, -0.2) is 9.37 Å². The van der Waals surface area contributed by atoms with Crippen LogP contribution in [0, 0.1) is 5.82 Å². The molecule has 0 amide bonds. The average Bonchev–Trinajstić information content (AvgIpc) is 3.16. The molecule has 4 rings (SSSR count). The maximum atomic E-state index is 13.5. The molecule has 0 aliphatic heterocycles. The van der Waals surface area contributed by atoms with E-state index < -0.39 is 17.8 Å². The fourth-order valence-electron chi connectivity index (χ4n) is 3.67. The molecule has 0 saturated heterocycles. The van der Waals surface area contributed by atoms with Crippen molar-refractivity contribution >= 4 is 11.0 Å². The van der Waals surface area contributed by atoms with Crippen LogP contribution in [-0.4, -0.2) is 16.7 Å². The number of ether oxygens (including phenoxy) is 2. The third kappa shape index (κ3) is 5.10. The quantitative estimate of drug-likeness (QED) is 0.293. The first-order valence-electron chi connectivity index (χ1n) is 10.4. The van der Waals surface area contributed by atoms with E-state index in [2.05, 4.69) is 4.98 Å². The lowest BCUT2D eigenvalue weighted by molar-refractivity contribution is -0.146. The fourth-order valence-corrected chi connectivity index (χ4v) is 3.67. The van der Waals surface area contributed by atoms with Gasteiger partial charge in [-0.2, -0.15) is 13.2 Å². The van der Waals surface area contributed by atoms with Gasteiger partial charge in [-0.1, -0.05) is 24.3 Å². The van der Waals surface area contributed by atoms with E-state index in [1.165, 1.54) is 6.07 Å². The zero-order chi connectivity index (χ0) is 23.6. The standard InChI is InChI=1S/C25H22F4N2O2/c1-16(18-5-10-20(32-2)11-6-18)33-21-8-3-17(4-9-21)13-14-31-23-12-7-19(26)15-22(23)30-24(31)25(27,28)29/h3-12,15-16H,13-14H2,1-2H3. The lowest BCUT2D eigenvalue weighted by Crippen LogP contribution is -2.16. The van der Waals surface area contributed by atoms with Crippen LogP contribution in [0.25, 0.3) is 11.0 Å². The first kappa shape index (κ1) is 22.6. The first-order valence-corrected chi connectivity index (χ1v) is 10.4. The number of methoxy groups -OCH3 is 1. The van der Waals surface area contributed by atoms with Gasteiger partial charge in [0.15, 0.2) is 0 Å². The number of halogens is 4. The van der Waals surface area contributed by atoms with Crippen molar-refractivity contribution in [3.05, 3.63) is 89.5 Å². The molecule has 0 aliphatic rings. The van der Waals surface area contributed by atoms with Crippen LogP contribution in [0.1, 0.15) is 30.0 Å². The zero-order valence-electron chi connectivity index (χ0n) is 18.1. The molecule has 1 unspecified atom stereocenters. The van der Waals surface area contributed by atoms with Crippen molar-refractivity contribution in [2.75, 3.05) is 7.11 Å². The minimum absolute atomic E-state index is 0.0152. The average molecular weight is 458 g/mol. The van der Waals surface area contributed by atoms with Crippen molar-refractivity contribution in [2.45, 2.75) is 32.2 Å². The van der Waals surface area contributed by atoms with E-state index in [0.717, 1.165) is 33.6 Å². The van der Waals surface area contributed by atoms with Crippen LogP contribution < -0.4 is 9.47 Å². The van der Waals surface area contributed by atoms with E-state index in [4.69, 9.17) is 9.47 Å². The predicted octanol–water partition coefficient (Wildman–Crippen LogP) is 6.59. The molecule has 3 aromatic carbocycles. The lowest BCUT2D eigenvalue weighted by atomic mass is 10.1. The van der Waals surface area contributed by atoms with Gasteiger partial charge in [0.05, 0.1) is 18.1 Å². The van der Waals surface area contributed by atoms with Gasteiger partial charge in [-0.05, 0) is 60.9 Å². The second-order valence-corrected chi connectivity index (χ2v) is 7.65. The summed E-state index contributed by atoms with van der Waals surface area (Å²) in [6.45, 7) is 1.99. The maximum Gasteiger partial charge on any atom is 0.449 e. The van der Waals surface area contributed by atoms with Crippen molar-refractivity contribution in [1.29, 1.82) is 0 Å². The number of benzene rings is 3. The summed E-state index contributed by atoms with van der Waals surface area (Å²) in [6, 6.07) is 18.3. The fraction of sp³-hybridized carbons (Fsp3) is 0.240. The summed E-state index contributed by atoms with van der Waals surface area (Å²) in [6.07, 6.45) is -4.47. The van der Waals surface area contributed by atoms with Crippen LogP contribution >= 0.6 is 0 Å². The molecule has 33 heavy (non-hydrogen) atoms. The van der Waals surface area contributed by atoms with Crippen molar-refractivity contribution in [3.8, 4) is 11.5 Å². The highest BCUT2D eigenvalue weighted by Gasteiger charge is 2.37. The second-order valence-electron chi connectivity index (χ2n) is 7.65. The van der Waals surface area contributed by atoms with Gasteiger partial charge in [0.25, 0.3) is 0 Å². The molecule has 0 spiro atoms. The first-order chi connectivity index (χ1) is 15.7. The number of rotatable bonds is 7. The number of aromatic nitrogens is 2. The largest absolute Gasteiger partial charge is 0.497 e. The number of alkyl halides is 3. The van der Waals surface area contributed by atoms with Gasteiger partial charge in [-0.15, -0.1) is 0 Å².